The Labute approximate surface area is 140 Å². The van der Waals surface area contributed by atoms with E-state index >= 15 is 0 Å². The van der Waals surface area contributed by atoms with E-state index in [-0.39, 0.29) is 24.9 Å². The largest absolute Gasteiger partial charge is 1.00 e. The van der Waals surface area contributed by atoms with Crippen molar-refractivity contribution in [3.05, 3.63) is 66.1 Å². The maximum Gasteiger partial charge on any atom is 0.305 e. The van der Waals surface area contributed by atoms with E-state index in [1.165, 1.54) is 0 Å². The molecule has 0 fully saturated rings. The number of rotatable bonds is 4. The Morgan fingerprint density at radius 1 is 1.30 bits per heavy atom. The average Bonchev–Trinajstić information content (AvgIpc) is 2.91. The minimum absolute atomic E-state index is 0. The maximum atomic E-state index is 11.9. The van der Waals surface area contributed by atoms with Crippen molar-refractivity contribution in [2.75, 3.05) is 0 Å². The second-order valence-electron chi connectivity index (χ2n) is 5.14. The summed E-state index contributed by atoms with van der Waals surface area (Å²) in [5, 5.41) is 5.10. The highest BCUT2D eigenvalue weighted by Crippen LogP contribution is 2.15. The number of benzene rings is 1. The molecule has 2 heterocycles. The van der Waals surface area contributed by atoms with Crippen molar-refractivity contribution in [1.82, 2.24) is 10.4 Å². The normalized spacial score (nSPS) is 10.7. The van der Waals surface area contributed by atoms with Gasteiger partial charge in [0.05, 0.1) is 6.21 Å². The third-order valence-electron chi connectivity index (χ3n) is 3.35. The molecule has 0 radical (unpaired) electrons. The highest BCUT2D eigenvalue weighted by molar-refractivity contribution is 5.99. The molecule has 2 aromatic heterocycles. The summed E-state index contributed by atoms with van der Waals surface area (Å²) in [6, 6.07) is 11.9. The molecule has 0 atom stereocenters. The first-order chi connectivity index (χ1) is 10.7. The quantitative estimate of drug-likeness (QED) is 0.357. The minimum atomic E-state index is -0.160. The van der Waals surface area contributed by atoms with Crippen molar-refractivity contribution in [2.24, 2.45) is 5.10 Å². The summed E-state index contributed by atoms with van der Waals surface area (Å²) in [7, 11) is 0. The molecule has 1 aromatic carbocycles. The van der Waals surface area contributed by atoms with Gasteiger partial charge in [0.25, 0.3) is 0 Å². The number of hydrogen-bond acceptors (Lipinski definition) is 2. The van der Waals surface area contributed by atoms with Crippen molar-refractivity contribution in [2.45, 2.75) is 13.5 Å². The zero-order valence-electron chi connectivity index (χ0n) is 12.7. The second kappa shape index (κ2) is 7.56. The predicted molar refractivity (Wildman–Crippen MR) is 85.4 cm³/mol. The summed E-state index contributed by atoms with van der Waals surface area (Å²) in [5.74, 6) is -0.160. The lowest BCUT2D eigenvalue weighted by Crippen LogP contribution is -3.00. The number of carbonyl (C=O) groups excluding carboxylic acids is 1. The van der Waals surface area contributed by atoms with Crippen LogP contribution in [0.2, 0.25) is 0 Å². The van der Waals surface area contributed by atoms with E-state index in [2.05, 4.69) is 15.5 Å². The highest BCUT2D eigenvalue weighted by Gasteiger charge is 2.08. The number of aryl methyl sites for hydroxylation is 1. The number of nitrogens with one attached hydrogen (secondary N) is 2. The van der Waals surface area contributed by atoms with E-state index < -0.39 is 0 Å². The Balaban J connectivity index is 0.00000192. The number of halogens is 1. The topological polar surface area (TPSA) is 61.1 Å². The molecule has 0 spiro atoms. The van der Waals surface area contributed by atoms with Crippen LogP contribution in [0.25, 0.3) is 10.9 Å². The first-order valence-electron chi connectivity index (χ1n) is 7.06. The van der Waals surface area contributed by atoms with Crippen LogP contribution in [0.5, 0.6) is 0 Å². The maximum absolute atomic E-state index is 11.9. The lowest BCUT2D eigenvalue weighted by atomic mass is 10.2. The third-order valence-corrected chi connectivity index (χ3v) is 3.35. The lowest BCUT2D eigenvalue weighted by molar-refractivity contribution is -0.684. The molecule has 0 aliphatic heterocycles. The lowest BCUT2D eigenvalue weighted by Gasteiger charge is -1.97. The number of aromatic amines is 1. The molecule has 3 aromatic rings. The Hall–Kier alpha value is -2.66. The van der Waals surface area contributed by atoms with Gasteiger partial charge in [-0.1, -0.05) is 18.2 Å². The molecule has 0 unspecified atom stereocenters. The zero-order chi connectivity index (χ0) is 15.4. The SMILES string of the molecule is Cc1ccc[n+](CC(=O)N/N=C/c2c[nH]c3ccccc23)c1.[Cl-]. The zero-order valence-corrected chi connectivity index (χ0v) is 13.4. The predicted octanol–water partition coefficient (Wildman–Crippen LogP) is -1.08. The van der Waals surface area contributed by atoms with Gasteiger partial charge in [-0.2, -0.15) is 9.67 Å². The summed E-state index contributed by atoms with van der Waals surface area (Å²) >= 11 is 0. The van der Waals surface area contributed by atoms with Gasteiger partial charge >= 0.3 is 5.91 Å². The van der Waals surface area contributed by atoms with Gasteiger partial charge < -0.3 is 17.4 Å². The van der Waals surface area contributed by atoms with Crippen molar-refractivity contribution in [3.8, 4) is 0 Å². The van der Waals surface area contributed by atoms with Crippen molar-refractivity contribution >= 4 is 23.0 Å². The summed E-state index contributed by atoms with van der Waals surface area (Å²) in [4.78, 5) is 15.0. The highest BCUT2D eigenvalue weighted by atomic mass is 35.5. The minimum Gasteiger partial charge on any atom is -1.00 e. The van der Waals surface area contributed by atoms with Crippen LogP contribution in [0.3, 0.4) is 0 Å². The van der Waals surface area contributed by atoms with Crippen LogP contribution in [0.15, 0.2) is 60.1 Å². The van der Waals surface area contributed by atoms with Crippen LogP contribution in [0.1, 0.15) is 11.1 Å². The van der Waals surface area contributed by atoms with Gasteiger partial charge in [0.15, 0.2) is 12.4 Å². The summed E-state index contributed by atoms with van der Waals surface area (Å²) in [5.41, 5.74) is 5.65. The Morgan fingerprint density at radius 2 is 2.13 bits per heavy atom. The van der Waals surface area contributed by atoms with Crippen LogP contribution < -0.4 is 22.4 Å². The number of aromatic nitrogens is 2. The molecule has 23 heavy (non-hydrogen) atoms. The number of hydrazone groups is 1. The molecule has 0 bridgehead atoms. The van der Waals surface area contributed by atoms with Crippen LogP contribution in [-0.2, 0) is 11.3 Å². The number of amides is 1. The van der Waals surface area contributed by atoms with E-state index in [4.69, 9.17) is 0 Å². The second-order valence-corrected chi connectivity index (χ2v) is 5.14. The molecule has 2 N–H and O–H groups in total. The summed E-state index contributed by atoms with van der Waals surface area (Å²) < 4.78 is 1.83. The standard InChI is InChI=1S/C17H16N4O.ClH/c1-13-5-4-8-21(11-13)12-17(22)20-19-10-14-9-18-16-7-3-2-6-15(14)16;/h2-11H,12H2,1H3,(H-,18,19,20,22);1H. The molecule has 6 heteroatoms. The molecule has 0 aliphatic carbocycles. The molecule has 3 rings (SSSR count). The van der Waals surface area contributed by atoms with Crippen LogP contribution in [0.4, 0.5) is 0 Å². The van der Waals surface area contributed by atoms with E-state index in [0.29, 0.717) is 0 Å². The summed E-state index contributed by atoms with van der Waals surface area (Å²) in [6.45, 7) is 2.23. The first-order valence-corrected chi connectivity index (χ1v) is 7.06. The Morgan fingerprint density at radius 3 is 2.96 bits per heavy atom. The fraction of sp³-hybridized carbons (Fsp3) is 0.118. The number of hydrogen-bond donors (Lipinski definition) is 2. The third kappa shape index (κ3) is 4.17. The molecule has 118 valence electrons. The number of nitrogens with zero attached hydrogens (tertiary/aromatic N) is 2. The van der Waals surface area contributed by atoms with Crippen LogP contribution in [-0.4, -0.2) is 17.1 Å². The van der Waals surface area contributed by atoms with Crippen LogP contribution in [0, 0.1) is 6.92 Å². The molecule has 1 amide bonds. The number of H-pyrrole nitrogens is 1. The smallest absolute Gasteiger partial charge is 0.305 e. The molecule has 5 nitrogen and oxygen atoms in total. The van der Waals surface area contributed by atoms with Gasteiger partial charge in [-0.25, -0.2) is 5.43 Å². The van der Waals surface area contributed by atoms with E-state index in [1.807, 2.05) is 66.5 Å². The van der Waals surface area contributed by atoms with Gasteiger partial charge in [-0.3, -0.25) is 4.79 Å². The molecule has 0 aliphatic rings. The number of para-hydroxylation sites is 1. The van der Waals surface area contributed by atoms with Crippen molar-refractivity contribution in [3.63, 3.8) is 0 Å². The fourth-order valence-electron chi connectivity index (χ4n) is 2.33. The fourth-order valence-corrected chi connectivity index (χ4v) is 2.33. The molecular formula is C17H17ClN4O. The van der Waals surface area contributed by atoms with Gasteiger partial charge in [-0.05, 0) is 19.1 Å². The monoisotopic (exact) mass is 328 g/mol. The van der Waals surface area contributed by atoms with Gasteiger partial charge in [0, 0.05) is 34.3 Å². The van der Waals surface area contributed by atoms with E-state index in [9.17, 15) is 4.79 Å². The Bertz CT molecular complexity index is 841. The number of carbonyl (C=O) groups is 1. The van der Waals surface area contributed by atoms with Gasteiger partial charge in [0.2, 0.25) is 6.54 Å². The first kappa shape index (κ1) is 16.7. The van der Waals surface area contributed by atoms with E-state index in [0.717, 1.165) is 22.0 Å². The van der Waals surface area contributed by atoms with Gasteiger partial charge in [0.1, 0.15) is 0 Å². The Kier molecular flexibility index (Phi) is 5.49. The average molecular weight is 329 g/mol. The summed E-state index contributed by atoms with van der Waals surface area (Å²) in [6.07, 6.45) is 7.30. The molecule has 0 saturated heterocycles. The van der Waals surface area contributed by atoms with Crippen molar-refractivity contribution < 1.29 is 21.8 Å². The number of fused-ring (bicyclic) bond motifs is 1. The van der Waals surface area contributed by atoms with Gasteiger partial charge in [-0.15, -0.1) is 0 Å². The molecular weight excluding hydrogens is 312 g/mol. The van der Waals surface area contributed by atoms with Crippen LogP contribution >= 0.6 is 0 Å². The van der Waals surface area contributed by atoms with Crippen molar-refractivity contribution in [1.29, 1.82) is 0 Å². The molecule has 0 saturated carbocycles. The number of pyridine rings is 1. The van der Waals surface area contributed by atoms with E-state index in [1.54, 1.807) is 6.21 Å².